The van der Waals surface area contributed by atoms with Gasteiger partial charge in [0.15, 0.2) is 5.78 Å². The number of nitrogens with zero attached hydrogens (tertiary/aromatic N) is 2. The Morgan fingerprint density at radius 3 is 2.65 bits per heavy atom. The van der Waals surface area contributed by atoms with Gasteiger partial charge in [0.25, 0.3) is 0 Å². The second-order valence-corrected chi connectivity index (χ2v) is 5.37. The van der Waals surface area contributed by atoms with Gasteiger partial charge in [-0.1, -0.05) is 24.3 Å². The average molecular weight is 352 g/mol. The van der Waals surface area contributed by atoms with E-state index in [9.17, 15) is 9.59 Å². The number of aromatic nitrogens is 2. The number of ether oxygens (including phenoxy) is 2. The van der Waals surface area contributed by atoms with E-state index >= 15 is 0 Å². The Bertz CT molecular complexity index is 1010. The zero-order valence-electron chi connectivity index (χ0n) is 14.1. The van der Waals surface area contributed by atoms with Gasteiger partial charge < -0.3 is 9.47 Å². The maximum atomic E-state index is 11.6. The minimum Gasteiger partial charge on any atom is -0.453 e. The standard InChI is InChI=1S/C18H16N4O4/c1-11(23)12-6-5-7-13(10-12)26-16(19)22-15-9-4-3-8-14(15)20-17(22)21-18(24)25-2/h3-10,19H,1-2H3,(H,20,21,24). The molecule has 3 rings (SSSR count). The number of ketones is 1. The highest BCUT2D eigenvalue weighted by Crippen LogP contribution is 2.21. The van der Waals surface area contributed by atoms with Crippen molar-refractivity contribution in [3.8, 4) is 5.75 Å². The Morgan fingerprint density at radius 2 is 1.92 bits per heavy atom. The molecule has 0 saturated heterocycles. The highest BCUT2D eigenvalue weighted by atomic mass is 16.5. The lowest BCUT2D eigenvalue weighted by Crippen LogP contribution is -2.23. The molecular formula is C18H16N4O4. The number of benzene rings is 2. The summed E-state index contributed by atoms with van der Waals surface area (Å²) in [6.07, 6.45) is -0.715. The Hall–Kier alpha value is -3.68. The molecule has 0 bridgehead atoms. The van der Waals surface area contributed by atoms with Gasteiger partial charge in [0.2, 0.25) is 5.95 Å². The lowest BCUT2D eigenvalue weighted by Gasteiger charge is -2.12. The van der Waals surface area contributed by atoms with E-state index in [1.54, 1.807) is 48.5 Å². The van der Waals surface area contributed by atoms with Crippen LogP contribution in [0.3, 0.4) is 0 Å². The maximum absolute atomic E-state index is 11.6. The number of fused-ring (bicyclic) bond motifs is 1. The molecule has 2 aromatic carbocycles. The van der Waals surface area contributed by atoms with E-state index in [1.165, 1.54) is 18.6 Å². The quantitative estimate of drug-likeness (QED) is 0.427. The van der Waals surface area contributed by atoms with Crippen LogP contribution in [0, 0.1) is 5.41 Å². The number of para-hydroxylation sites is 2. The summed E-state index contributed by atoms with van der Waals surface area (Å²) in [5, 5.41) is 10.8. The van der Waals surface area contributed by atoms with Crippen molar-refractivity contribution in [2.75, 3.05) is 12.4 Å². The van der Waals surface area contributed by atoms with Crippen molar-refractivity contribution < 1.29 is 19.1 Å². The van der Waals surface area contributed by atoms with E-state index in [0.29, 0.717) is 22.3 Å². The summed E-state index contributed by atoms with van der Waals surface area (Å²) in [7, 11) is 1.23. The molecule has 3 aromatic rings. The molecule has 0 spiro atoms. The van der Waals surface area contributed by atoms with Gasteiger partial charge in [-0.2, -0.15) is 0 Å². The van der Waals surface area contributed by atoms with Gasteiger partial charge in [-0.3, -0.25) is 15.5 Å². The molecule has 0 radical (unpaired) electrons. The first-order valence-corrected chi connectivity index (χ1v) is 7.70. The number of rotatable bonds is 3. The summed E-state index contributed by atoms with van der Waals surface area (Å²) < 4.78 is 11.5. The Morgan fingerprint density at radius 1 is 1.15 bits per heavy atom. The van der Waals surface area contributed by atoms with Gasteiger partial charge in [0.1, 0.15) is 5.75 Å². The molecule has 8 heteroatoms. The fraction of sp³-hybridized carbons (Fsp3) is 0.111. The number of Topliss-reactive ketones (excluding diaryl/α,β-unsaturated/α-hetero) is 1. The predicted molar refractivity (Wildman–Crippen MR) is 96.0 cm³/mol. The highest BCUT2D eigenvalue weighted by molar-refractivity contribution is 5.96. The van der Waals surface area contributed by atoms with Crippen LogP contribution in [-0.2, 0) is 4.74 Å². The van der Waals surface area contributed by atoms with Crippen molar-refractivity contribution in [1.29, 1.82) is 5.41 Å². The zero-order valence-corrected chi connectivity index (χ0v) is 14.1. The van der Waals surface area contributed by atoms with E-state index < -0.39 is 6.09 Å². The molecule has 0 aliphatic heterocycles. The molecule has 0 fully saturated rings. The number of anilines is 1. The van der Waals surface area contributed by atoms with E-state index in [4.69, 9.17) is 10.1 Å². The third-order valence-corrected chi connectivity index (χ3v) is 3.62. The van der Waals surface area contributed by atoms with Crippen LogP contribution in [0.15, 0.2) is 48.5 Å². The SMILES string of the molecule is COC(=O)Nc1nc2ccccc2n1C(=N)Oc1cccc(C(C)=O)c1. The number of imidazole rings is 1. The van der Waals surface area contributed by atoms with E-state index in [2.05, 4.69) is 15.0 Å². The molecule has 132 valence electrons. The van der Waals surface area contributed by atoms with Crippen molar-refractivity contribution in [2.24, 2.45) is 0 Å². The third-order valence-electron chi connectivity index (χ3n) is 3.62. The van der Waals surface area contributed by atoms with Crippen LogP contribution >= 0.6 is 0 Å². The van der Waals surface area contributed by atoms with Crippen LogP contribution in [0.4, 0.5) is 10.7 Å². The number of carbonyl (C=O) groups excluding carboxylic acids is 2. The first kappa shape index (κ1) is 17.2. The number of hydrogen-bond acceptors (Lipinski definition) is 6. The second-order valence-electron chi connectivity index (χ2n) is 5.37. The molecule has 1 amide bonds. The zero-order chi connectivity index (χ0) is 18.7. The van der Waals surface area contributed by atoms with Gasteiger partial charge in [0, 0.05) is 5.56 Å². The summed E-state index contributed by atoms with van der Waals surface area (Å²) in [6, 6.07) is 13.3. The van der Waals surface area contributed by atoms with Crippen LogP contribution in [0.1, 0.15) is 17.3 Å². The fourth-order valence-electron chi connectivity index (χ4n) is 2.39. The van der Waals surface area contributed by atoms with Crippen LogP contribution in [0.25, 0.3) is 11.0 Å². The van der Waals surface area contributed by atoms with Crippen LogP contribution in [0.5, 0.6) is 5.75 Å². The fourth-order valence-corrected chi connectivity index (χ4v) is 2.39. The molecule has 0 atom stereocenters. The molecule has 26 heavy (non-hydrogen) atoms. The molecule has 0 unspecified atom stereocenters. The lowest BCUT2D eigenvalue weighted by molar-refractivity contribution is 0.101. The Labute approximate surface area is 148 Å². The van der Waals surface area contributed by atoms with Gasteiger partial charge in [-0.15, -0.1) is 0 Å². The lowest BCUT2D eigenvalue weighted by atomic mass is 10.1. The molecule has 0 saturated carbocycles. The van der Waals surface area contributed by atoms with Crippen molar-refractivity contribution in [2.45, 2.75) is 6.92 Å². The van der Waals surface area contributed by atoms with Gasteiger partial charge in [0.05, 0.1) is 18.1 Å². The number of nitrogens with one attached hydrogen (secondary N) is 2. The first-order valence-electron chi connectivity index (χ1n) is 7.70. The van der Waals surface area contributed by atoms with E-state index in [-0.39, 0.29) is 17.8 Å². The largest absolute Gasteiger partial charge is 0.453 e. The Balaban J connectivity index is 1.99. The minimum atomic E-state index is -0.715. The summed E-state index contributed by atoms with van der Waals surface area (Å²) in [6.45, 7) is 1.45. The number of amides is 1. The normalized spacial score (nSPS) is 10.4. The van der Waals surface area contributed by atoms with Crippen LogP contribution in [0.2, 0.25) is 0 Å². The Kier molecular flexibility index (Phi) is 4.66. The minimum absolute atomic E-state index is 0.0887. The molecule has 0 aliphatic carbocycles. The van der Waals surface area contributed by atoms with Crippen molar-refractivity contribution in [1.82, 2.24) is 9.55 Å². The molecule has 1 heterocycles. The summed E-state index contributed by atoms with van der Waals surface area (Å²) in [5.74, 6) is 0.304. The summed E-state index contributed by atoms with van der Waals surface area (Å²) in [5.41, 5.74) is 1.62. The average Bonchev–Trinajstić information content (AvgIpc) is 2.99. The van der Waals surface area contributed by atoms with Gasteiger partial charge in [-0.25, -0.2) is 14.3 Å². The smallest absolute Gasteiger partial charge is 0.413 e. The topological polar surface area (TPSA) is 106 Å². The molecular weight excluding hydrogens is 336 g/mol. The molecule has 2 N–H and O–H groups in total. The van der Waals surface area contributed by atoms with Crippen molar-refractivity contribution in [3.63, 3.8) is 0 Å². The number of hydrogen-bond donors (Lipinski definition) is 2. The third kappa shape index (κ3) is 3.39. The molecule has 1 aromatic heterocycles. The highest BCUT2D eigenvalue weighted by Gasteiger charge is 2.18. The van der Waals surface area contributed by atoms with E-state index in [1.807, 2.05) is 0 Å². The monoisotopic (exact) mass is 352 g/mol. The first-order chi connectivity index (χ1) is 12.5. The van der Waals surface area contributed by atoms with Crippen LogP contribution < -0.4 is 10.1 Å². The predicted octanol–water partition coefficient (Wildman–Crippen LogP) is 3.28. The van der Waals surface area contributed by atoms with Gasteiger partial charge in [-0.05, 0) is 31.2 Å². The summed E-state index contributed by atoms with van der Waals surface area (Å²) in [4.78, 5) is 27.4. The molecule has 0 aliphatic rings. The van der Waals surface area contributed by atoms with Gasteiger partial charge >= 0.3 is 12.1 Å². The van der Waals surface area contributed by atoms with E-state index in [0.717, 1.165) is 0 Å². The van der Waals surface area contributed by atoms with Crippen LogP contribution in [-0.4, -0.2) is 34.6 Å². The number of carbonyl (C=O) groups is 2. The second kappa shape index (κ2) is 7.06. The summed E-state index contributed by atoms with van der Waals surface area (Å²) >= 11 is 0. The molecule has 8 nitrogen and oxygen atoms in total. The number of methoxy groups -OCH3 is 1. The van der Waals surface area contributed by atoms with Crippen molar-refractivity contribution in [3.05, 3.63) is 54.1 Å². The maximum Gasteiger partial charge on any atom is 0.413 e. The van der Waals surface area contributed by atoms with Crippen molar-refractivity contribution >= 4 is 34.9 Å².